The van der Waals surface area contributed by atoms with E-state index in [4.69, 9.17) is 20.1 Å². The fraction of sp³-hybridized carbons (Fsp3) is 0.750. The van der Waals surface area contributed by atoms with Gasteiger partial charge in [0.2, 0.25) is 0 Å². The first-order valence-corrected chi connectivity index (χ1v) is 5.62. The van der Waals surface area contributed by atoms with Crippen molar-refractivity contribution >= 4 is 17.9 Å². The van der Waals surface area contributed by atoms with Gasteiger partial charge in [-0.15, -0.1) is 0 Å². The average molecular weight is 260 g/mol. The molecule has 1 aliphatic carbocycles. The molecule has 2 atom stereocenters. The van der Waals surface area contributed by atoms with E-state index in [2.05, 4.69) is 0 Å². The average Bonchev–Trinajstić information content (AvgIpc) is 2.38. The lowest BCUT2D eigenvalue weighted by Gasteiger charge is -2.36. The molecule has 0 bridgehead atoms. The molecule has 0 heterocycles. The molecule has 1 aliphatic rings. The fourth-order valence-corrected chi connectivity index (χ4v) is 2.32. The molecule has 0 amide bonds. The normalized spacial score (nSPS) is 29.0. The van der Waals surface area contributed by atoms with Crippen molar-refractivity contribution in [3.8, 4) is 0 Å². The van der Waals surface area contributed by atoms with Crippen molar-refractivity contribution in [1.29, 1.82) is 0 Å². The zero-order chi connectivity index (χ0) is 14.7. The van der Waals surface area contributed by atoms with Crippen LogP contribution in [0.5, 0.6) is 0 Å². The van der Waals surface area contributed by atoms with Gasteiger partial charge in [-0.05, 0) is 25.2 Å². The second-order valence-corrected chi connectivity index (χ2v) is 5.31. The Balaban J connectivity index is 0.000000631. The zero-order valence-corrected chi connectivity index (χ0v) is 11.1. The van der Waals surface area contributed by atoms with Crippen molar-refractivity contribution in [2.45, 2.75) is 40.5 Å². The summed E-state index contributed by atoms with van der Waals surface area (Å²) in [5, 5.41) is 25.5. The van der Waals surface area contributed by atoms with Crippen molar-refractivity contribution in [3.63, 3.8) is 0 Å². The van der Waals surface area contributed by atoms with Gasteiger partial charge >= 0.3 is 11.9 Å². The molecule has 3 N–H and O–H groups in total. The molecule has 0 saturated heterocycles. The lowest BCUT2D eigenvalue weighted by atomic mass is 9.66. The van der Waals surface area contributed by atoms with Crippen LogP contribution in [0.25, 0.3) is 0 Å². The maximum Gasteiger partial charge on any atom is 0.309 e. The molecule has 6 nitrogen and oxygen atoms in total. The molecular formula is C12H20O6. The van der Waals surface area contributed by atoms with Crippen LogP contribution in [0.15, 0.2) is 0 Å². The minimum absolute atomic E-state index is 0.437. The highest BCUT2D eigenvalue weighted by Crippen LogP contribution is 2.56. The minimum atomic E-state index is -0.921. The van der Waals surface area contributed by atoms with Crippen molar-refractivity contribution in [3.05, 3.63) is 0 Å². The van der Waals surface area contributed by atoms with E-state index in [1.165, 1.54) is 0 Å². The molecular weight excluding hydrogens is 240 g/mol. The SMILES string of the molecule is CC(=O)O.CC1(C(=O)O)CCC(C(=O)O)C1(C)C. The largest absolute Gasteiger partial charge is 0.481 e. The number of carboxylic acid groups (broad SMARTS) is 3. The monoisotopic (exact) mass is 260 g/mol. The Kier molecular flexibility index (Phi) is 4.90. The summed E-state index contributed by atoms with van der Waals surface area (Å²) in [5.74, 6) is -3.17. The lowest BCUT2D eigenvalue weighted by Crippen LogP contribution is -2.42. The summed E-state index contributed by atoms with van der Waals surface area (Å²) in [6.45, 7) is 6.18. The van der Waals surface area contributed by atoms with Crippen molar-refractivity contribution in [2.75, 3.05) is 0 Å². The van der Waals surface area contributed by atoms with E-state index in [1.54, 1.807) is 20.8 Å². The smallest absolute Gasteiger partial charge is 0.309 e. The predicted molar refractivity (Wildman–Crippen MR) is 63.2 cm³/mol. The Labute approximate surface area is 106 Å². The lowest BCUT2D eigenvalue weighted by molar-refractivity contribution is -0.157. The summed E-state index contributed by atoms with van der Waals surface area (Å²) >= 11 is 0. The molecule has 104 valence electrons. The Bertz CT molecular complexity index is 356. The summed E-state index contributed by atoms with van der Waals surface area (Å²) in [7, 11) is 0. The summed E-state index contributed by atoms with van der Waals surface area (Å²) in [6, 6.07) is 0. The molecule has 0 aromatic heterocycles. The van der Waals surface area contributed by atoms with Gasteiger partial charge in [-0.25, -0.2) is 0 Å². The van der Waals surface area contributed by atoms with Gasteiger partial charge in [0.05, 0.1) is 11.3 Å². The van der Waals surface area contributed by atoms with Gasteiger partial charge in [0.1, 0.15) is 0 Å². The maximum absolute atomic E-state index is 11.1. The van der Waals surface area contributed by atoms with Crippen LogP contribution >= 0.6 is 0 Å². The van der Waals surface area contributed by atoms with Gasteiger partial charge in [-0.1, -0.05) is 13.8 Å². The predicted octanol–water partition coefficient (Wildman–Crippen LogP) is 1.69. The first-order valence-electron chi connectivity index (χ1n) is 5.62. The highest BCUT2D eigenvalue weighted by molar-refractivity contribution is 5.80. The van der Waals surface area contributed by atoms with Crippen LogP contribution in [0.1, 0.15) is 40.5 Å². The highest BCUT2D eigenvalue weighted by Gasteiger charge is 2.58. The molecule has 0 radical (unpaired) electrons. The van der Waals surface area contributed by atoms with Gasteiger partial charge in [-0.3, -0.25) is 14.4 Å². The quantitative estimate of drug-likeness (QED) is 0.696. The maximum atomic E-state index is 11.1. The van der Waals surface area contributed by atoms with Crippen molar-refractivity contribution < 1.29 is 29.7 Å². The van der Waals surface area contributed by atoms with Crippen LogP contribution in [0.3, 0.4) is 0 Å². The van der Waals surface area contributed by atoms with E-state index < -0.39 is 34.7 Å². The van der Waals surface area contributed by atoms with Gasteiger partial charge in [-0.2, -0.15) is 0 Å². The van der Waals surface area contributed by atoms with Gasteiger partial charge < -0.3 is 15.3 Å². The highest BCUT2D eigenvalue weighted by atomic mass is 16.4. The fourth-order valence-electron chi connectivity index (χ4n) is 2.32. The molecule has 6 heteroatoms. The van der Waals surface area contributed by atoms with Crippen LogP contribution in [0.2, 0.25) is 0 Å². The van der Waals surface area contributed by atoms with Crippen LogP contribution in [-0.2, 0) is 14.4 Å². The van der Waals surface area contributed by atoms with E-state index in [1.807, 2.05) is 0 Å². The zero-order valence-electron chi connectivity index (χ0n) is 11.1. The summed E-state index contributed by atoms with van der Waals surface area (Å²) in [4.78, 5) is 31.0. The Morgan fingerprint density at radius 2 is 1.44 bits per heavy atom. The number of aliphatic carboxylic acids is 3. The Morgan fingerprint density at radius 3 is 1.61 bits per heavy atom. The number of carboxylic acids is 3. The number of hydrogen-bond donors (Lipinski definition) is 3. The summed E-state index contributed by atoms with van der Waals surface area (Å²) in [6.07, 6.45) is 0.886. The molecule has 1 fully saturated rings. The Morgan fingerprint density at radius 1 is 1.06 bits per heavy atom. The first-order chi connectivity index (χ1) is 7.96. The molecule has 0 aromatic rings. The topological polar surface area (TPSA) is 112 Å². The third kappa shape index (κ3) is 3.00. The van der Waals surface area contributed by atoms with E-state index in [0.29, 0.717) is 12.8 Å². The van der Waals surface area contributed by atoms with Gasteiger partial charge in [0, 0.05) is 6.92 Å². The second kappa shape index (κ2) is 5.37. The van der Waals surface area contributed by atoms with E-state index >= 15 is 0 Å². The van der Waals surface area contributed by atoms with Crippen LogP contribution in [0.4, 0.5) is 0 Å². The number of carbonyl (C=O) groups is 3. The van der Waals surface area contributed by atoms with Crippen molar-refractivity contribution in [2.24, 2.45) is 16.7 Å². The van der Waals surface area contributed by atoms with E-state index in [-0.39, 0.29) is 0 Å². The standard InChI is InChI=1S/C10H16O4.C2H4O2/c1-9(2)6(7(11)12)4-5-10(9,3)8(13)14;1-2(3)4/h6H,4-5H2,1-3H3,(H,11,12)(H,13,14);1H3,(H,3,4). The number of hydrogen-bond acceptors (Lipinski definition) is 3. The van der Waals surface area contributed by atoms with Crippen molar-refractivity contribution in [1.82, 2.24) is 0 Å². The Hall–Kier alpha value is -1.59. The molecule has 1 saturated carbocycles. The summed E-state index contributed by atoms with van der Waals surface area (Å²) in [5.41, 5.74) is -1.61. The van der Waals surface area contributed by atoms with Crippen LogP contribution in [0, 0.1) is 16.7 Å². The van der Waals surface area contributed by atoms with E-state index in [9.17, 15) is 9.59 Å². The molecule has 18 heavy (non-hydrogen) atoms. The molecule has 1 rings (SSSR count). The third-order valence-electron chi connectivity index (χ3n) is 4.00. The van der Waals surface area contributed by atoms with Crippen LogP contribution in [-0.4, -0.2) is 33.2 Å². The minimum Gasteiger partial charge on any atom is -0.481 e. The first kappa shape index (κ1) is 16.4. The number of rotatable bonds is 2. The second-order valence-electron chi connectivity index (χ2n) is 5.31. The van der Waals surface area contributed by atoms with E-state index in [0.717, 1.165) is 6.92 Å². The van der Waals surface area contributed by atoms with Crippen LogP contribution < -0.4 is 0 Å². The molecule has 0 aliphatic heterocycles. The van der Waals surface area contributed by atoms with Gasteiger partial charge in [0.25, 0.3) is 5.97 Å². The third-order valence-corrected chi connectivity index (χ3v) is 4.00. The molecule has 0 spiro atoms. The summed E-state index contributed by atoms with van der Waals surface area (Å²) < 4.78 is 0. The molecule has 2 unspecified atom stereocenters. The van der Waals surface area contributed by atoms with Gasteiger partial charge in [0.15, 0.2) is 0 Å². The molecule has 0 aromatic carbocycles.